The van der Waals surface area contributed by atoms with Gasteiger partial charge < -0.3 is 15.7 Å². The number of aliphatic hydroxyl groups is 1. The van der Waals surface area contributed by atoms with Crippen LogP contribution in [0, 0.1) is 17.3 Å². The molecule has 0 radical (unpaired) electrons. The molecule has 1 fully saturated rings. The van der Waals surface area contributed by atoms with Crippen LogP contribution < -0.4 is 10.6 Å². The first-order valence-electron chi connectivity index (χ1n) is 7.08. The maximum absolute atomic E-state index is 12.3. The van der Waals surface area contributed by atoms with Crippen molar-refractivity contribution in [2.75, 3.05) is 26.2 Å². The predicted octanol–water partition coefficient (Wildman–Crippen LogP) is 1.15. The Labute approximate surface area is 111 Å². The van der Waals surface area contributed by atoms with E-state index in [0.717, 1.165) is 32.4 Å². The third-order valence-corrected chi connectivity index (χ3v) is 4.14. The molecule has 0 aromatic heterocycles. The Morgan fingerprint density at radius 3 is 2.83 bits per heavy atom. The molecule has 0 aromatic carbocycles. The van der Waals surface area contributed by atoms with Crippen LogP contribution in [0.5, 0.6) is 0 Å². The van der Waals surface area contributed by atoms with Gasteiger partial charge in [0, 0.05) is 18.6 Å². The Balaban J connectivity index is 2.42. The molecule has 1 amide bonds. The molecule has 4 heteroatoms. The lowest BCUT2D eigenvalue weighted by Crippen LogP contribution is -2.48. The second kappa shape index (κ2) is 7.10. The highest BCUT2D eigenvalue weighted by atomic mass is 16.3. The molecule has 1 heterocycles. The molecule has 3 N–H and O–H groups in total. The topological polar surface area (TPSA) is 61.4 Å². The van der Waals surface area contributed by atoms with Gasteiger partial charge in [-0.15, -0.1) is 0 Å². The van der Waals surface area contributed by atoms with Gasteiger partial charge >= 0.3 is 0 Å². The van der Waals surface area contributed by atoms with E-state index in [-0.39, 0.29) is 17.9 Å². The van der Waals surface area contributed by atoms with Crippen molar-refractivity contribution >= 4 is 5.91 Å². The SMILES string of the molecule is CC(CCO)CNC(=O)C(C)(C)C1CCCNC1. The van der Waals surface area contributed by atoms with Crippen molar-refractivity contribution in [1.82, 2.24) is 10.6 Å². The number of hydrogen-bond acceptors (Lipinski definition) is 3. The van der Waals surface area contributed by atoms with E-state index in [9.17, 15) is 4.79 Å². The fourth-order valence-corrected chi connectivity index (χ4v) is 2.47. The molecule has 0 saturated carbocycles. The molecule has 0 bridgehead atoms. The van der Waals surface area contributed by atoms with Gasteiger partial charge in [0.25, 0.3) is 0 Å². The van der Waals surface area contributed by atoms with E-state index in [1.54, 1.807) is 0 Å². The van der Waals surface area contributed by atoms with Crippen LogP contribution in [-0.2, 0) is 4.79 Å². The average Bonchev–Trinajstić information content (AvgIpc) is 2.37. The van der Waals surface area contributed by atoms with Crippen LogP contribution >= 0.6 is 0 Å². The molecule has 18 heavy (non-hydrogen) atoms. The van der Waals surface area contributed by atoms with Crippen LogP contribution in [0.1, 0.15) is 40.0 Å². The van der Waals surface area contributed by atoms with E-state index in [1.165, 1.54) is 0 Å². The summed E-state index contributed by atoms with van der Waals surface area (Å²) in [4.78, 5) is 12.3. The first-order valence-corrected chi connectivity index (χ1v) is 7.08. The lowest BCUT2D eigenvalue weighted by Gasteiger charge is -2.36. The minimum atomic E-state index is -0.313. The molecule has 1 aliphatic rings. The number of carbonyl (C=O) groups is 1. The predicted molar refractivity (Wildman–Crippen MR) is 73.3 cm³/mol. The van der Waals surface area contributed by atoms with Crippen molar-refractivity contribution in [3.8, 4) is 0 Å². The van der Waals surface area contributed by atoms with E-state index in [1.807, 2.05) is 20.8 Å². The Bertz CT molecular complexity index is 261. The van der Waals surface area contributed by atoms with E-state index in [2.05, 4.69) is 10.6 Å². The molecular formula is C14H28N2O2. The Morgan fingerprint density at radius 1 is 1.56 bits per heavy atom. The van der Waals surface area contributed by atoms with E-state index in [4.69, 9.17) is 5.11 Å². The van der Waals surface area contributed by atoms with Crippen LogP contribution in [0.4, 0.5) is 0 Å². The van der Waals surface area contributed by atoms with Crippen LogP contribution in [0.3, 0.4) is 0 Å². The van der Waals surface area contributed by atoms with E-state index in [0.29, 0.717) is 18.4 Å². The molecule has 4 nitrogen and oxygen atoms in total. The molecule has 106 valence electrons. The van der Waals surface area contributed by atoms with Gasteiger partial charge in [-0.1, -0.05) is 20.8 Å². The molecule has 1 rings (SSSR count). The van der Waals surface area contributed by atoms with Gasteiger partial charge in [0.15, 0.2) is 0 Å². The number of rotatable bonds is 6. The molecule has 0 aliphatic carbocycles. The standard InChI is InChI=1S/C14H28N2O2/c1-11(6-8-17)9-16-13(18)14(2,3)12-5-4-7-15-10-12/h11-12,15,17H,4-10H2,1-3H3,(H,16,18). The summed E-state index contributed by atoms with van der Waals surface area (Å²) < 4.78 is 0. The summed E-state index contributed by atoms with van der Waals surface area (Å²) in [7, 11) is 0. The summed E-state index contributed by atoms with van der Waals surface area (Å²) in [5, 5.41) is 15.2. The molecule has 0 spiro atoms. The number of aliphatic hydroxyl groups excluding tert-OH is 1. The summed E-state index contributed by atoms with van der Waals surface area (Å²) >= 11 is 0. The van der Waals surface area contributed by atoms with Crippen LogP contribution in [0.25, 0.3) is 0 Å². The fourth-order valence-electron chi connectivity index (χ4n) is 2.47. The molecule has 1 aliphatic heterocycles. The summed E-state index contributed by atoms with van der Waals surface area (Å²) in [6.07, 6.45) is 3.02. The smallest absolute Gasteiger partial charge is 0.225 e. The average molecular weight is 256 g/mol. The number of nitrogens with one attached hydrogen (secondary N) is 2. The Kier molecular flexibility index (Phi) is 6.09. The first-order chi connectivity index (χ1) is 8.48. The third kappa shape index (κ3) is 4.25. The lowest BCUT2D eigenvalue weighted by molar-refractivity contribution is -0.132. The van der Waals surface area contributed by atoms with Gasteiger partial charge in [-0.05, 0) is 44.2 Å². The normalized spacial score (nSPS) is 22.6. The van der Waals surface area contributed by atoms with Gasteiger partial charge in [-0.25, -0.2) is 0 Å². The third-order valence-electron chi connectivity index (χ3n) is 4.14. The zero-order chi connectivity index (χ0) is 13.6. The number of hydrogen-bond donors (Lipinski definition) is 3. The molecular weight excluding hydrogens is 228 g/mol. The Morgan fingerprint density at radius 2 is 2.28 bits per heavy atom. The van der Waals surface area contributed by atoms with Gasteiger partial charge in [-0.3, -0.25) is 4.79 Å². The largest absolute Gasteiger partial charge is 0.396 e. The van der Waals surface area contributed by atoms with Gasteiger partial charge in [0.05, 0.1) is 0 Å². The number of piperidine rings is 1. The highest BCUT2D eigenvalue weighted by molar-refractivity contribution is 5.82. The van der Waals surface area contributed by atoms with Crippen molar-refractivity contribution in [2.24, 2.45) is 17.3 Å². The van der Waals surface area contributed by atoms with E-state index < -0.39 is 0 Å². The highest BCUT2D eigenvalue weighted by Gasteiger charge is 2.37. The van der Waals surface area contributed by atoms with Crippen LogP contribution in [0.15, 0.2) is 0 Å². The number of amides is 1. The zero-order valence-electron chi connectivity index (χ0n) is 12.0. The van der Waals surface area contributed by atoms with E-state index >= 15 is 0 Å². The van der Waals surface area contributed by atoms with Crippen LogP contribution in [0.2, 0.25) is 0 Å². The Hall–Kier alpha value is -0.610. The molecule has 0 aromatic rings. The van der Waals surface area contributed by atoms with Crippen molar-refractivity contribution in [1.29, 1.82) is 0 Å². The summed E-state index contributed by atoms with van der Waals surface area (Å²) in [6.45, 7) is 8.98. The van der Waals surface area contributed by atoms with Gasteiger partial charge in [0.1, 0.15) is 0 Å². The number of carbonyl (C=O) groups excluding carboxylic acids is 1. The second-order valence-electron chi connectivity index (χ2n) is 6.09. The zero-order valence-corrected chi connectivity index (χ0v) is 12.0. The molecule has 1 saturated heterocycles. The monoisotopic (exact) mass is 256 g/mol. The molecule has 2 atom stereocenters. The first kappa shape index (κ1) is 15.4. The van der Waals surface area contributed by atoms with Gasteiger partial charge in [-0.2, -0.15) is 0 Å². The minimum absolute atomic E-state index is 0.140. The summed E-state index contributed by atoms with van der Waals surface area (Å²) in [5.74, 6) is 0.889. The minimum Gasteiger partial charge on any atom is -0.396 e. The maximum Gasteiger partial charge on any atom is 0.225 e. The summed E-state index contributed by atoms with van der Waals surface area (Å²) in [5.41, 5.74) is -0.313. The molecule has 2 unspecified atom stereocenters. The van der Waals surface area contributed by atoms with Crippen molar-refractivity contribution in [3.05, 3.63) is 0 Å². The van der Waals surface area contributed by atoms with Crippen molar-refractivity contribution in [2.45, 2.75) is 40.0 Å². The van der Waals surface area contributed by atoms with Crippen LogP contribution in [-0.4, -0.2) is 37.3 Å². The maximum atomic E-state index is 12.3. The second-order valence-corrected chi connectivity index (χ2v) is 6.09. The van der Waals surface area contributed by atoms with Gasteiger partial charge in [0.2, 0.25) is 5.91 Å². The fraction of sp³-hybridized carbons (Fsp3) is 0.929. The van der Waals surface area contributed by atoms with Crippen molar-refractivity contribution < 1.29 is 9.90 Å². The summed E-state index contributed by atoms with van der Waals surface area (Å²) in [6, 6.07) is 0. The lowest BCUT2D eigenvalue weighted by atomic mass is 9.74. The highest BCUT2D eigenvalue weighted by Crippen LogP contribution is 2.31. The quantitative estimate of drug-likeness (QED) is 0.668. The van der Waals surface area contributed by atoms with Crippen molar-refractivity contribution in [3.63, 3.8) is 0 Å².